The van der Waals surface area contributed by atoms with E-state index >= 15 is 0 Å². The van der Waals surface area contributed by atoms with Crippen molar-refractivity contribution in [3.05, 3.63) is 0 Å². The van der Waals surface area contributed by atoms with Gasteiger partial charge in [0.1, 0.15) is 0 Å². The Hall–Kier alpha value is -1.43. The summed E-state index contributed by atoms with van der Waals surface area (Å²) in [7, 11) is 0. The zero-order valence-electron chi connectivity index (χ0n) is 13.4. The maximum Gasteiger partial charge on any atom is 0.232 e. The third-order valence-electron chi connectivity index (χ3n) is 3.62. The van der Waals surface area contributed by atoms with Gasteiger partial charge in [-0.2, -0.15) is 0 Å². The van der Waals surface area contributed by atoms with Gasteiger partial charge in [0.25, 0.3) is 0 Å². The van der Waals surface area contributed by atoms with Gasteiger partial charge in [-0.15, -0.1) is 0 Å². The van der Waals surface area contributed by atoms with Crippen LogP contribution in [0.1, 0.15) is 47.0 Å². The van der Waals surface area contributed by atoms with Crippen molar-refractivity contribution in [3.63, 3.8) is 0 Å². The maximum absolute atomic E-state index is 11.7. The highest BCUT2D eigenvalue weighted by Crippen LogP contribution is 2.18. The lowest BCUT2D eigenvalue weighted by molar-refractivity contribution is -0.139. The first-order valence-corrected chi connectivity index (χ1v) is 7.51. The number of likely N-dealkylation sites (tertiary alicyclic amines) is 1. The number of carbonyl (C=O) groups is 3. The summed E-state index contributed by atoms with van der Waals surface area (Å²) >= 11 is 0. The summed E-state index contributed by atoms with van der Waals surface area (Å²) in [4.78, 5) is 36.2. The number of imide groups is 1. The molecule has 0 radical (unpaired) electrons. The number of rotatable bonds is 8. The lowest BCUT2D eigenvalue weighted by Crippen LogP contribution is -2.36. The SMILES string of the molecule is CCOC(C)(C)CCNC(=O)CCN1C(=O)CC(C)C1=O. The molecule has 1 aliphatic heterocycles. The summed E-state index contributed by atoms with van der Waals surface area (Å²) in [5.41, 5.74) is -0.266. The van der Waals surface area contributed by atoms with Crippen LogP contribution in [0.4, 0.5) is 0 Å². The van der Waals surface area contributed by atoms with E-state index < -0.39 is 0 Å². The van der Waals surface area contributed by atoms with Gasteiger partial charge in [-0.3, -0.25) is 19.3 Å². The van der Waals surface area contributed by atoms with E-state index in [2.05, 4.69) is 5.32 Å². The van der Waals surface area contributed by atoms with Gasteiger partial charge in [0.15, 0.2) is 0 Å². The van der Waals surface area contributed by atoms with Gasteiger partial charge >= 0.3 is 0 Å². The van der Waals surface area contributed by atoms with E-state index in [1.807, 2.05) is 20.8 Å². The van der Waals surface area contributed by atoms with Gasteiger partial charge in [0.2, 0.25) is 17.7 Å². The average Bonchev–Trinajstić information content (AvgIpc) is 2.61. The van der Waals surface area contributed by atoms with Crippen LogP contribution in [0.25, 0.3) is 0 Å². The first kappa shape index (κ1) is 17.6. The standard InChI is InChI=1S/C15H26N2O4/c1-5-21-15(3,4)7-8-16-12(18)6-9-17-13(19)10-11(2)14(17)20/h11H,5-10H2,1-4H3,(H,16,18). The zero-order chi connectivity index (χ0) is 16.0. The van der Waals surface area contributed by atoms with Crippen LogP contribution >= 0.6 is 0 Å². The van der Waals surface area contributed by atoms with Crippen LogP contribution in [-0.2, 0) is 19.1 Å². The largest absolute Gasteiger partial charge is 0.376 e. The molecule has 1 fully saturated rings. The monoisotopic (exact) mass is 298 g/mol. The number of ether oxygens (including phenoxy) is 1. The minimum absolute atomic E-state index is 0.151. The molecule has 120 valence electrons. The lowest BCUT2D eigenvalue weighted by Gasteiger charge is -2.24. The first-order valence-electron chi connectivity index (χ1n) is 7.51. The van der Waals surface area contributed by atoms with Gasteiger partial charge in [0, 0.05) is 38.5 Å². The van der Waals surface area contributed by atoms with Crippen molar-refractivity contribution in [2.24, 2.45) is 5.92 Å². The first-order chi connectivity index (χ1) is 9.76. The average molecular weight is 298 g/mol. The van der Waals surface area contributed by atoms with Gasteiger partial charge in [0.05, 0.1) is 5.60 Å². The second-order valence-corrected chi connectivity index (χ2v) is 6.03. The van der Waals surface area contributed by atoms with Crippen molar-refractivity contribution in [2.75, 3.05) is 19.7 Å². The predicted molar refractivity (Wildman–Crippen MR) is 78.4 cm³/mol. The zero-order valence-corrected chi connectivity index (χ0v) is 13.4. The van der Waals surface area contributed by atoms with Crippen LogP contribution in [0, 0.1) is 5.92 Å². The van der Waals surface area contributed by atoms with Crippen molar-refractivity contribution in [2.45, 2.75) is 52.6 Å². The van der Waals surface area contributed by atoms with Crippen LogP contribution in [0.15, 0.2) is 0 Å². The van der Waals surface area contributed by atoms with Crippen LogP contribution in [0.5, 0.6) is 0 Å². The molecule has 0 spiro atoms. The summed E-state index contributed by atoms with van der Waals surface area (Å²) in [6.07, 6.45) is 1.12. The van der Waals surface area contributed by atoms with Crippen molar-refractivity contribution in [1.82, 2.24) is 10.2 Å². The molecule has 6 nitrogen and oxygen atoms in total. The molecule has 0 aromatic heterocycles. The van der Waals surface area contributed by atoms with Crippen molar-refractivity contribution in [3.8, 4) is 0 Å². The molecular formula is C15H26N2O4. The molecule has 0 aliphatic carbocycles. The van der Waals surface area contributed by atoms with Gasteiger partial charge in [-0.25, -0.2) is 0 Å². The highest BCUT2D eigenvalue weighted by Gasteiger charge is 2.35. The van der Waals surface area contributed by atoms with E-state index in [1.54, 1.807) is 6.92 Å². The third kappa shape index (κ3) is 5.46. The summed E-state index contributed by atoms with van der Waals surface area (Å²) in [5.74, 6) is -0.766. The fraction of sp³-hybridized carbons (Fsp3) is 0.800. The number of nitrogens with zero attached hydrogens (tertiary/aromatic N) is 1. The van der Waals surface area contributed by atoms with E-state index in [4.69, 9.17) is 4.74 Å². The van der Waals surface area contributed by atoms with Crippen LogP contribution in [-0.4, -0.2) is 47.9 Å². The summed E-state index contributed by atoms with van der Waals surface area (Å²) in [6, 6.07) is 0. The maximum atomic E-state index is 11.7. The molecule has 1 atom stereocenters. The Balaban J connectivity index is 2.26. The summed E-state index contributed by atoms with van der Waals surface area (Å²) < 4.78 is 5.54. The molecule has 0 aromatic rings. The molecule has 21 heavy (non-hydrogen) atoms. The Kier molecular flexibility index (Phi) is 6.33. The molecule has 1 saturated heterocycles. The number of carbonyl (C=O) groups excluding carboxylic acids is 3. The topological polar surface area (TPSA) is 75.7 Å². The van der Waals surface area contributed by atoms with Gasteiger partial charge in [-0.05, 0) is 27.2 Å². The summed E-state index contributed by atoms with van der Waals surface area (Å²) in [5, 5.41) is 2.79. The van der Waals surface area contributed by atoms with Crippen LogP contribution in [0.3, 0.4) is 0 Å². The molecule has 0 saturated carbocycles. The van der Waals surface area contributed by atoms with Crippen LogP contribution in [0.2, 0.25) is 0 Å². The van der Waals surface area contributed by atoms with E-state index in [0.29, 0.717) is 19.6 Å². The molecule has 3 amide bonds. The fourth-order valence-electron chi connectivity index (χ4n) is 2.35. The molecule has 1 N–H and O–H groups in total. The Labute approximate surface area is 126 Å². The molecule has 1 aliphatic rings. The molecule has 0 aromatic carbocycles. The fourth-order valence-corrected chi connectivity index (χ4v) is 2.35. The second kappa shape index (κ2) is 7.54. The lowest BCUT2D eigenvalue weighted by atomic mass is 10.1. The van der Waals surface area contributed by atoms with Gasteiger partial charge in [-0.1, -0.05) is 6.92 Å². The molecule has 0 bridgehead atoms. The molecule has 1 heterocycles. The Morgan fingerprint density at radius 3 is 2.62 bits per heavy atom. The Morgan fingerprint density at radius 2 is 2.10 bits per heavy atom. The van der Waals surface area contributed by atoms with E-state index in [1.165, 1.54) is 4.90 Å². The van der Waals surface area contributed by atoms with E-state index in [9.17, 15) is 14.4 Å². The molecule has 1 rings (SSSR count). The van der Waals surface area contributed by atoms with Crippen LogP contribution < -0.4 is 5.32 Å². The van der Waals surface area contributed by atoms with Gasteiger partial charge < -0.3 is 10.1 Å². The molecule has 6 heteroatoms. The number of hydrogen-bond donors (Lipinski definition) is 1. The minimum atomic E-state index is -0.266. The predicted octanol–water partition coefficient (Wildman–Crippen LogP) is 1.09. The Bertz CT molecular complexity index is 406. The number of nitrogens with one attached hydrogen (secondary N) is 1. The van der Waals surface area contributed by atoms with Crippen molar-refractivity contribution >= 4 is 17.7 Å². The van der Waals surface area contributed by atoms with E-state index in [0.717, 1.165) is 0 Å². The number of hydrogen-bond acceptors (Lipinski definition) is 4. The normalized spacial score (nSPS) is 19.2. The van der Waals surface area contributed by atoms with Crippen molar-refractivity contribution in [1.29, 1.82) is 0 Å². The third-order valence-corrected chi connectivity index (χ3v) is 3.62. The quantitative estimate of drug-likeness (QED) is 0.681. The summed E-state index contributed by atoms with van der Waals surface area (Å²) in [6.45, 7) is 8.95. The second-order valence-electron chi connectivity index (χ2n) is 6.03. The highest BCUT2D eigenvalue weighted by atomic mass is 16.5. The van der Waals surface area contributed by atoms with Crippen molar-refractivity contribution < 1.29 is 19.1 Å². The smallest absolute Gasteiger partial charge is 0.232 e. The molecule has 1 unspecified atom stereocenters. The minimum Gasteiger partial charge on any atom is -0.376 e. The highest BCUT2D eigenvalue weighted by molar-refractivity contribution is 6.03. The van der Waals surface area contributed by atoms with E-state index in [-0.39, 0.29) is 48.6 Å². The Morgan fingerprint density at radius 1 is 1.43 bits per heavy atom. The molecular weight excluding hydrogens is 272 g/mol. The number of amides is 3.